The lowest BCUT2D eigenvalue weighted by molar-refractivity contribution is 0.0992. The van der Waals surface area contributed by atoms with Crippen LogP contribution in [0.2, 0.25) is 0 Å². The van der Waals surface area contributed by atoms with Gasteiger partial charge in [0, 0.05) is 17.5 Å². The zero-order chi connectivity index (χ0) is 15.2. The van der Waals surface area contributed by atoms with Gasteiger partial charge in [0.2, 0.25) is 0 Å². The highest BCUT2D eigenvalue weighted by Gasteiger charge is 2.10. The van der Waals surface area contributed by atoms with Crippen LogP contribution in [-0.2, 0) is 12.8 Å². The Hall–Kier alpha value is -2.09. The van der Waals surface area contributed by atoms with E-state index in [1.54, 1.807) is 7.11 Å². The van der Waals surface area contributed by atoms with E-state index in [-0.39, 0.29) is 5.78 Å². The lowest BCUT2D eigenvalue weighted by Crippen LogP contribution is -2.05. The summed E-state index contributed by atoms with van der Waals surface area (Å²) in [5.41, 5.74) is 2.96. The van der Waals surface area contributed by atoms with Crippen molar-refractivity contribution >= 4 is 5.78 Å². The summed E-state index contributed by atoms with van der Waals surface area (Å²) in [6.45, 7) is 4.39. The van der Waals surface area contributed by atoms with Crippen LogP contribution in [0.4, 0.5) is 0 Å². The number of carbonyl (C=O) groups excluding carboxylic acids is 1. The van der Waals surface area contributed by atoms with Crippen molar-refractivity contribution in [3.8, 4) is 5.75 Å². The van der Waals surface area contributed by atoms with Crippen LogP contribution in [0.5, 0.6) is 5.75 Å². The highest BCUT2D eigenvalue weighted by Crippen LogP contribution is 2.20. The Bertz CT molecular complexity index is 597. The summed E-state index contributed by atoms with van der Waals surface area (Å²) >= 11 is 0. The maximum absolute atomic E-state index is 12.4. The molecule has 2 rings (SSSR count). The van der Waals surface area contributed by atoms with E-state index in [1.165, 1.54) is 5.56 Å². The van der Waals surface area contributed by atoms with Crippen LogP contribution in [0.25, 0.3) is 0 Å². The fraction of sp³-hybridized carbons (Fsp3) is 0.316. The molecule has 0 unspecified atom stereocenters. The average molecular weight is 282 g/mol. The second kappa shape index (κ2) is 7.07. The summed E-state index contributed by atoms with van der Waals surface area (Å²) < 4.78 is 5.29. The number of para-hydroxylation sites is 1. The highest BCUT2D eigenvalue weighted by atomic mass is 16.5. The predicted molar refractivity (Wildman–Crippen MR) is 86.0 cm³/mol. The molecule has 0 spiro atoms. The summed E-state index contributed by atoms with van der Waals surface area (Å²) in [5.74, 6) is 1.51. The molecule has 0 bridgehead atoms. The maximum atomic E-state index is 12.4. The van der Waals surface area contributed by atoms with Gasteiger partial charge >= 0.3 is 0 Å². The van der Waals surface area contributed by atoms with Crippen molar-refractivity contribution < 1.29 is 9.53 Å². The Labute approximate surface area is 126 Å². The van der Waals surface area contributed by atoms with Crippen LogP contribution in [0.3, 0.4) is 0 Å². The van der Waals surface area contributed by atoms with Gasteiger partial charge < -0.3 is 4.74 Å². The first-order valence-electron chi connectivity index (χ1n) is 7.34. The summed E-state index contributed by atoms with van der Waals surface area (Å²) in [6.07, 6.45) is 1.41. The number of hydrogen-bond donors (Lipinski definition) is 0. The van der Waals surface area contributed by atoms with Gasteiger partial charge in [-0.25, -0.2) is 0 Å². The van der Waals surface area contributed by atoms with Gasteiger partial charge in [0.15, 0.2) is 5.78 Å². The van der Waals surface area contributed by atoms with Gasteiger partial charge in [-0.1, -0.05) is 56.3 Å². The molecule has 110 valence electrons. The fourth-order valence-corrected chi connectivity index (χ4v) is 2.42. The average Bonchev–Trinajstić information content (AvgIpc) is 2.48. The normalized spacial score (nSPS) is 10.7. The zero-order valence-corrected chi connectivity index (χ0v) is 12.9. The smallest absolute Gasteiger partial charge is 0.167 e. The molecule has 0 heterocycles. The van der Waals surface area contributed by atoms with Gasteiger partial charge in [0.05, 0.1) is 7.11 Å². The van der Waals surface area contributed by atoms with Crippen LogP contribution in [0.15, 0.2) is 48.5 Å². The van der Waals surface area contributed by atoms with Gasteiger partial charge in [-0.05, 0) is 24.0 Å². The molecular formula is C19H22O2. The number of ether oxygens (including phenoxy) is 1. The molecule has 2 nitrogen and oxygen atoms in total. The fourth-order valence-electron chi connectivity index (χ4n) is 2.42. The maximum Gasteiger partial charge on any atom is 0.167 e. The number of ketones is 1. The summed E-state index contributed by atoms with van der Waals surface area (Å²) in [6, 6.07) is 15.6. The number of carbonyl (C=O) groups is 1. The Morgan fingerprint density at radius 1 is 1.05 bits per heavy atom. The molecule has 0 fully saturated rings. The van der Waals surface area contributed by atoms with Gasteiger partial charge in [0.25, 0.3) is 0 Å². The molecule has 0 atom stereocenters. The molecule has 0 saturated carbocycles. The third-order valence-corrected chi connectivity index (χ3v) is 3.46. The molecule has 2 heteroatoms. The topological polar surface area (TPSA) is 26.3 Å². The zero-order valence-electron chi connectivity index (χ0n) is 12.9. The quantitative estimate of drug-likeness (QED) is 0.738. The first kappa shape index (κ1) is 15.3. The number of rotatable bonds is 6. The minimum absolute atomic E-state index is 0.121. The van der Waals surface area contributed by atoms with Crippen molar-refractivity contribution in [3.05, 3.63) is 65.2 Å². The first-order valence-corrected chi connectivity index (χ1v) is 7.34. The van der Waals surface area contributed by atoms with Gasteiger partial charge in [0.1, 0.15) is 5.75 Å². The molecule has 21 heavy (non-hydrogen) atoms. The molecule has 0 aliphatic rings. The van der Waals surface area contributed by atoms with Gasteiger partial charge in [-0.2, -0.15) is 0 Å². The van der Waals surface area contributed by atoms with E-state index in [2.05, 4.69) is 26.0 Å². The molecule has 0 aliphatic carbocycles. The van der Waals surface area contributed by atoms with E-state index in [0.29, 0.717) is 12.3 Å². The third-order valence-electron chi connectivity index (χ3n) is 3.46. The minimum Gasteiger partial charge on any atom is -0.496 e. The molecule has 0 N–H and O–H groups in total. The second-order valence-corrected chi connectivity index (χ2v) is 5.71. The number of hydrogen-bond acceptors (Lipinski definition) is 2. The first-order chi connectivity index (χ1) is 10.1. The molecule has 2 aromatic carbocycles. The van der Waals surface area contributed by atoms with Gasteiger partial charge in [-0.3, -0.25) is 4.79 Å². The van der Waals surface area contributed by atoms with Crippen LogP contribution < -0.4 is 4.74 Å². The van der Waals surface area contributed by atoms with Crippen LogP contribution in [0.1, 0.15) is 35.3 Å². The molecule has 0 amide bonds. The van der Waals surface area contributed by atoms with Crippen LogP contribution in [0, 0.1) is 5.92 Å². The van der Waals surface area contributed by atoms with E-state index in [1.807, 2.05) is 36.4 Å². The van der Waals surface area contributed by atoms with E-state index in [0.717, 1.165) is 23.3 Å². The summed E-state index contributed by atoms with van der Waals surface area (Å²) in [7, 11) is 1.63. The highest BCUT2D eigenvalue weighted by molar-refractivity contribution is 5.97. The number of methoxy groups -OCH3 is 1. The van der Waals surface area contributed by atoms with E-state index >= 15 is 0 Å². The van der Waals surface area contributed by atoms with Crippen molar-refractivity contribution in [1.82, 2.24) is 0 Å². The standard InChI is InChI=1S/C19H22O2/c1-14(2)12-15-8-10-16(11-9-15)18(20)13-17-6-4-5-7-19(17)21-3/h4-11,14H,12-13H2,1-3H3. The number of Topliss-reactive ketones (excluding diaryl/α,β-unsaturated/α-hetero) is 1. The van der Waals surface area contributed by atoms with E-state index in [4.69, 9.17) is 4.74 Å². The SMILES string of the molecule is COc1ccccc1CC(=O)c1ccc(CC(C)C)cc1. The lowest BCUT2D eigenvalue weighted by atomic mass is 9.98. The minimum atomic E-state index is 0.121. The van der Waals surface area contributed by atoms with Crippen molar-refractivity contribution in [1.29, 1.82) is 0 Å². The van der Waals surface area contributed by atoms with Crippen LogP contribution in [-0.4, -0.2) is 12.9 Å². The van der Waals surface area contributed by atoms with E-state index < -0.39 is 0 Å². The molecule has 0 aromatic heterocycles. The number of benzene rings is 2. The van der Waals surface area contributed by atoms with Gasteiger partial charge in [-0.15, -0.1) is 0 Å². The van der Waals surface area contributed by atoms with Crippen molar-refractivity contribution in [2.45, 2.75) is 26.7 Å². The van der Waals surface area contributed by atoms with Crippen molar-refractivity contribution in [2.24, 2.45) is 5.92 Å². The van der Waals surface area contributed by atoms with Crippen molar-refractivity contribution in [2.75, 3.05) is 7.11 Å². The molecule has 0 aliphatic heterocycles. The summed E-state index contributed by atoms with van der Waals surface area (Å²) in [5, 5.41) is 0. The Balaban J connectivity index is 2.09. The lowest BCUT2D eigenvalue weighted by Gasteiger charge is -2.08. The van der Waals surface area contributed by atoms with E-state index in [9.17, 15) is 4.79 Å². The predicted octanol–water partition coefficient (Wildman–Crippen LogP) is 4.32. The molecular weight excluding hydrogens is 260 g/mol. The largest absolute Gasteiger partial charge is 0.496 e. The molecule has 0 saturated heterocycles. The third kappa shape index (κ3) is 4.19. The second-order valence-electron chi connectivity index (χ2n) is 5.71. The molecule has 0 radical (unpaired) electrons. The Morgan fingerprint density at radius 2 is 1.71 bits per heavy atom. The summed E-state index contributed by atoms with van der Waals surface area (Å²) in [4.78, 5) is 12.4. The molecule has 2 aromatic rings. The van der Waals surface area contributed by atoms with Crippen molar-refractivity contribution in [3.63, 3.8) is 0 Å². The Morgan fingerprint density at radius 3 is 2.33 bits per heavy atom. The monoisotopic (exact) mass is 282 g/mol. The Kier molecular flexibility index (Phi) is 5.15. The van der Waals surface area contributed by atoms with Crippen LogP contribution >= 0.6 is 0 Å².